The topological polar surface area (TPSA) is 102 Å². The van der Waals surface area contributed by atoms with Crippen molar-refractivity contribution in [2.24, 2.45) is 5.14 Å². The Morgan fingerprint density at radius 3 is 2.75 bits per heavy atom. The van der Waals surface area contributed by atoms with Crippen LogP contribution in [0, 0.1) is 6.92 Å². The maximum Gasteiger partial charge on any atom is 0.269 e. The number of pyridine rings is 1. The lowest BCUT2D eigenvalue weighted by molar-refractivity contribution is 0.0951. The van der Waals surface area contributed by atoms with Crippen LogP contribution in [0.3, 0.4) is 0 Å². The maximum atomic E-state index is 11.5. The van der Waals surface area contributed by atoms with Gasteiger partial charge in [-0.1, -0.05) is 6.07 Å². The zero-order chi connectivity index (χ0) is 12.2. The summed E-state index contributed by atoms with van der Waals surface area (Å²) in [5.41, 5.74) is 0.980. The number of primary sulfonamides is 1. The largest absolute Gasteiger partial charge is 0.350 e. The molecular formula is C9H13N3O3S. The summed E-state index contributed by atoms with van der Waals surface area (Å²) in [4.78, 5) is 15.5. The lowest BCUT2D eigenvalue weighted by Gasteiger charge is -2.03. The van der Waals surface area contributed by atoms with Crippen molar-refractivity contribution in [3.8, 4) is 0 Å². The summed E-state index contributed by atoms with van der Waals surface area (Å²) in [7, 11) is -3.55. The summed E-state index contributed by atoms with van der Waals surface area (Å²) in [5, 5.41) is 7.21. The molecule has 0 spiro atoms. The Labute approximate surface area is 93.9 Å². The molecule has 0 bridgehead atoms. The Balaban J connectivity index is 2.54. The first-order chi connectivity index (χ1) is 7.38. The van der Waals surface area contributed by atoms with Gasteiger partial charge in [0.05, 0.1) is 5.75 Å². The van der Waals surface area contributed by atoms with Crippen molar-refractivity contribution < 1.29 is 13.2 Å². The van der Waals surface area contributed by atoms with E-state index in [0.717, 1.165) is 5.69 Å². The number of hydrogen-bond donors (Lipinski definition) is 2. The second-order valence-electron chi connectivity index (χ2n) is 3.29. The van der Waals surface area contributed by atoms with Gasteiger partial charge in [-0.05, 0) is 19.1 Å². The van der Waals surface area contributed by atoms with Gasteiger partial charge in [0, 0.05) is 12.2 Å². The third-order valence-electron chi connectivity index (χ3n) is 1.79. The van der Waals surface area contributed by atoms with E-state index in [4.69, 9.17) is 5.14 Å². The van der Waals surface area contributed by atoms with Crippen molar-refractivity contribution in [2.75, 3.05) is 12.3 Å². The van der Waals surface area contributed by atoms with Crippen LogP contribution in [0.25, 0.3) is 0 Å². The van der Waals surface area contributed by atoms with Crippen molar-refractivity contribution in [2.45, 2.75) is 6.92 Å². The molecule has 0 radical (unpaired) electrons. The number of hydrogen-bond acceptors (Lipinski definition) is 4. The van der Waals surface area contributed by atoms with Gasteiger partial charge < -0.3 is 5.32 Å². The van der Waals surface area contributed by atoms with Crippen LogP contribution in [0.4, 0.5) is 0 Å². The molecule has 1 amide bonds. The van der Waals surface area contributed by atoms with Crippen LogP contribution in [0.5, 0.6) is 0 Å². The summed E-state index contributed by atoms with van der Waals surface area (Å²) in [5.74, 6) is -0.697. The van der Waals surface area contributed by atoms with Crippen LogP contribution in [0.1, 0.15) is 16.2 Å². The van der Waals surface area contributed by atoms with Crippen molar-refractivity contribution >= 4 is 15.9 Å². The number of nitrogens with zero attached hydrogens (tertiary/aromatic N) is 1. The van der Waals surface area contributed by atoms with Gasteiger partial charge in [-0.15, -0.1) is 0 Å². The minimum absolute atomic E-state index is 0.0205. The molecule has 7 heteroatoms. The van der Waals surface area contributed by atoms with E-state index in [0.29, 0.717) is 0 Å². The number of amides is 1. The van der Waals surface area contributed by atoms with Crippen LogP contribution in [0.2, 0.25) is 0 Å². The highest BCUT2D eigenvalue weighted by molar-refractivity contribution is 7.89. The molecule has 88 valence electrons. The summed E-state index contributed by atoms with van der Waals surface area (Å²) >= 11 is 0. The molecule has 1 aromatic heterocycles. The standard InChI is InChI=1S/C9H13N3O3S/c1-7-3-2-4-8(12-7)9(13)11-5-6-16(10,14)15/h2-4H,5-6H2,1H3,(H,11,13)(H2,10,14,15). The molecule has 0 atom stereocenters. The van der Waals surface area contributed by atoms with Gasteiger partial charge in [-0.25, -0.2) is 18.5 Å². The molecule has 0 unspecified atom stereocenters. The maximum absolute atomic E-state index is 11.5. The minimum Gasteiger partial charge on any atom is -0.350 e. The van der Waals surface area contributed by atoms with Gasteiger partial charge in [-0.3, -0.25) is 4.79 Å². The van der Waals surface area contributed by atoms with E-state index >= 15 is 0 Å². The summed E-state index contributed by atoms with van der Waals surface area (Å²) < 4.78 is 21.2. The molecule has 16 heavy (non-hydrogen) atoms. The third kappa shape index (κ3) is 4.37. The Morgan fingerprint density at radius 2 is 2.19 bits per heavy atom. The first kappa shape index (κ1) is 12.6. The van der Waals surface area contributed by atoms with Crippen molar-refractivity contribution in [3.05, 3.63) is 29.6 Å². The SMILES string of the molecule is Cc1cccc(C(=O)NCCS(N)(=O)=O)n1. The number of carbonyl (C=O) groups is 1. The van der Waals surface area contributed by atoms with Crippen LogP contribution in [0.15, 0.2) is 18.2 Å². The lowest BCUT2D eigenvalue weighted by atomic mass is 10.3. The molecule has 0 saturated heterocycles. The number of rotatable bonds is 4. The smallest absolute Gasteiger partial charge is 0.269 e. The lowest BCUT2D eigenvalue weighted by Crippen LogP contribution is -2.31. The van der Waals surface area contributed by atoms with Crippen LogP contribution in [-0.2, 0) is 10.0 Å². The third-order valence-corrected chi connectivity index (χ3v) is 2.57. The van der Waals surface area contributed by atoms with E-state index < -0.39 is 15.9 Å². The fraction of sp³-hybridized carbons (Fsp3) is 0.333. The Morgan fingerprint density at radius 1 is 1.50 bits per heavy atom. The molecule has 3 N–H and O–H groups in total. The number of nitrogens with two attached hydrogens (primary N) is 1. The van der Waals surface area contributed by atoms with Crippen LogP contribution in [-0.4, -0.2) is 31.6 Å². The molecule has 6 nitrogen and oxygen atoms in total. The van der Waals surface area contributed by atoms with E-state index in [-0.39, 0.29) is 18.0 Å². The monoisotopic (exact) mass is 243 g/mol. The van der Waals surface area contributed by atoms with E-state index in [1.807, 2.05) is 0 Å². The van der Waals surface area contributed by atoms with Crippen molar-refractivity contribution in [1.82, 2.24) is 10.3 Å². The molecule has 0 fully saturated rings. The number of nitrogens with one attached hydrogen (secondary N) is 1. The van der Waals surface area contributed by atoms with E-state index in [1.54, 1.807) is 25.1 Å². The molecule has 0 aliphatic carbocycles. The fourth-order valence-corrected chi connectivity index (χ4v) is 1.45. The first-order valence-corrected chi connectivity index (χ1v) is 6.32. The Bertz CT molecular complexity index is 485. The highest BCUT2D eigenvalue weighted by atomic mass is 32.2. The molecule has 1 heterocycles. The van der Waals surface area contributed by atoms with Crippen molar-refractivity contribution in [1.29, 1.82) is 0 Å². The van der Waals surface area contributed by atoms with Crippen LogP contribution < -0.4 is 10.5 Å². The first-order valence-electron chi connectivity index (χ1n) is 4.61. The van der Waals surface area contributed by atoms with Gasteiger partial charge in [0.15, 0.2) is 0 Å². The van der Waals surface area contributed by atoms with Crippen LogP contribution >= 0.6 is 0 Å². The average molecular weight is 243 g/mol. The van der Waals surface area contributed by atoms with E-state index in [1.165, 1.54) is 0 Å². The van der Waals surface area contributed by atoms with E-state index in [9.17, 15) is 13.2 Å². The average Bonchev–Trinajstić information content (AvgIpc) is 2.15. The predicted octanol–water partition coefficient (Wildman–Crippen LogP) is -0.592. The number of sulfonamides is 1. The number of aromatic nitrogens is 1. The molecular weight excluding hydrogens is 230 g/mol. The Hall–Kier alpha value is -1.47. The van der Waals surface area contributed by atoms with Gasteiger partial charge >= 0.3 is 0 Å². The summed E-state index contributed by atoms with van der Waals surface area (Å²) in [6, 6.07) is 5.03. The van der Waals surface area contributed by atoms with Gasteiger partial charge in [0.2, 0.25) is 10.0 Å². The predicted molar refractivity (Wildman–Crippen MR) is 59.3 cm³/mol. The molecule has 0 aromatic carbocycles. The minimum atomic E-state index is -3.55. The zero-order valence-corrected chi connectivity index (χ0v) is 9.62. The quantitative estimate of drug-likeness (QED) is 0.737. The molecule has 0 aliphatic rings. The summed E-state index contributed by atoms with van der Waals surface area (Å²) in [6.07, 6.45) is 0. The van der Waals surface area contributed by atoms with E-state index in [2.05, 4.69) is 10.3 Å². The highest BCUT2D eigenvalue weighted by Crippen LogP contribution is 1.97. The normalized spacial score (nSPS) is 11.1. The Kier molecular flexibility index (Phi) is 3.97. The molecule has 0 aliphatic heterocycles. The zero-order valence-electron chi connectivity index (χ0n) is 8.80. The summed E-state index contributed by atoms with van der Waals surface area (Å²) in [6.45, 7) is 1.74. The number of aryl methyl sites for hydroxylation is 1. The molecule has 1 aromatic rings. The van der Waals surface area contributed by atoms with Gasteiger partial charge in [-0.2, -0.15) is 0 Å². The second kappa shape index (κ2) is 5.04. The van der Waals surface area contributed by atoms with Gasteiger partial charge in [0.1, 0.15) is 5.69 Å². The molecule has 1 rings (SSSR count). The van der Waals surface area contributed by atoms with Crippen molar-refractivity contribution in [3.63, 3.8) is 0 Å². The second-order valence-corrected chi connectivity index (χ2v) is 5.02. The number of carbonyl (C=O) groups excluding carboxylic acids is 1. The fourth-order valence-electron chi connectivity index (χ4n) is 1.07. The van der Waals surface area contributed by atoms with Gasteiger partial charge in [0.25, 0.3) is 5.91 Å². The molecule has 0 saturated carbocycles. The highest BCUT2D eigenvalue weighted by Gasteiger charge is 2.08.